The molecule has 0 fully saturated rings. The van der Waals surface area contributed by atoms with Crippen molar-refractivity contribution in [3.8, 4) is 0 Å². The topological polar surface area (TPSA) is 95.9 Å². The van der Waals surface area contributed by atoms with Crippen molar-refractivity contribution in [1.29, 1.82) is 0 Å². The number of amides is 1. The third kappa shape index (κ3) is 53.9. The van der Waals surface area contributed by atoms with E-state index in [1.807, 2.05) is 0 Å². The van der Waals surface area contributed by atoms with Crippen LogP contribution in [-0.4, -0.2) is 47.4 Å². The fourth-order valence-corrected chi connectivity index (χ4v) is 9.81. The highest BCUT2D eigenvalue weighted by molar-refractivity contribution is 5.76. The number of unbranched alkanes of at least 4 members (excludes halogenated alkanes) is 45. The van der Waals surface area contributed by atoms with Crippen LogP contribution >= 0.6 is 0 Å². The van der Waals surface area contributed by atoms with Gasteiger partial charge in [0, 0.05) is 12.8 Å². The van der Waals surface area contributed by atoms with Crippen LogP contribution in [0.3, 0.4) is 0 Å². The van der Waals surface area contributed by atoms with Gasteiger partial charge < -0.3 is 20.3 Å². The van der Waals surface area contributed by atoms with E-state index in [0.29, 0.717) is 25.9 Å². The van der Waals surface area contributed by atoms with Crippen LogP contribution in [0, 0.1) is 0 Å². The van der Waals surface area contributed by atoms with Crippen LogP contribution in [0.2, 0.25) is 0 Å². The molecule has 0 saturated carbocycles. The zero-order valence-corrected chi connectivity index (χ0v) is 46.1. The standard InChI is InChI=1S/C62H121NO5/c1-3-5-7-9-11-13-15-17-19-26-30-34-38-42-46-50-54-60(65)59(58-64)63-61(66)55-51-47-43-39-35-31-27-24-22-21-23-25-29-33-37-41-45-49-53-57-68-62(67)56-52-48-44-40-36-32-28-20-18-16-14-12-10-8-6-4-2/h21-22,59-60,64-65H,3-20,23-58H2,1-2H3,(H,63,66)/b22-21-. The second-order valence-electron chi connectivity index (χ2n) is 21.4. The highest BCUT2D eigenvalue weighted by atomic mass is 16.5. The molecule has 2 atom stereocenters. The number of carbonyl (C=O) groups excluding carboxylic acids is 2. The van der Waals surface area contributed by atoms with Gasteiger partial charge in [0.2, 0.25) is 5.91 Å². The van der Waals surface area contributed by atoms with E-state index in [4.69, 9.17) is 4.74 Å². The lowest BCUT2D eigenvalue weighted by atomic mass is 10.0. The molecule has 0 aromatic rings. The molecule has 0 bridgehead atoms. The van der Waals surface area contributed by atoms with Gasteiger partial charge in [-0.1, -0.05) is 296 Å². The number of aliphatic hydroxyl groups excluding tert-OH is 2. The molecule has 3 N–H and O–H groups in total. The first-order chi connectivity index (χ1) is 33.5. The molecule has 0 aromatic heterocycles. The summed E-state index contributed by atoms with van der Waals surface area (Å²) in [5, 5.41) is 23.3. The molecule has 404 valence electrons. The summed E-state index contributed by atoms with van der Waals surface area (Å²) in [5.74, 6) is -0.0337. The third-order valence-electron chi connectivity index (χ3n) is 14.6. The summed E-state index contributed by atoms with van der Waals surface area (Å²) in [5.41, 5.74) is 0. The van der Waals surface area contributed by atoms with Gasteiger partial charge in [-0.3, -0.25) is 9.59 Å². The lowest BCUT2D eigenvalue weighted by Gasteiger charge is -2.22. The van der Waals surface area contributed by atoms with Gasteiger partial charge in [-0.25, -0.2) is 0 Å². The van der Waals surface area contributed by atoms with E-state index < -0.39 is 12.1 Å². The Kier molecular flexibility index (Phi) is 57.0. The van der Waals surface area contributed by atoms with Crippen LogP contribution in [0.4, 0.5) is 0 Å². The Labute approximate surface area is 425 Å². The quantitative estimate of drug-likeness (QED) is 0.0321. The molecule has 0 rings (SSSR count). The van der Waals surface area contributed by atoms with Gasteiger partial charge in [-0.15, -0.1) is 0 Å². The number of aliphatic hydroxyl groups is 2. The van der Waals surface area contributed by atoms with Crippen LogP contribution in [0.1, 0.15) is 348 Å². The first-order valence-corrected chi connectivity index (χ1v) is 30.9. The molecule has 2 unspecified atom stereocenters. The molecule has 68 heavy (non-hydrogen) atoms. The molecule has 1 amide bonds. The Morgan fingerprint density at radius 1 is 0.397 bits per heavy atom. The van der Waals surface area contributed by atoms with Crippen molar-refractivity contribution in [2.45, 2.75) is 360 Å². The van der Waals surface area contributed by atoms with E-state index >= 15 is 0 Å². The summed E-state index contributed by atoms with van der Waals surface area (Å²) in [6.45, 7) is 4.97. The maximum absolute atomic E-state index is 12.5. The van der Waals surface area contributed by atoms with Crippen LogP contribution in [0.25, 0.3) is 0 Å². The Balaban J connectivity index is 3.42. The first kappa shape index (κ1) is 66.6. The second kappa shape index (κ2) is 58.2. The van der Waals surface area contributed by atoms with E-state index in [0.717, 1.165) is 38.5 Å². The summed E-state index contributed by atoms with van der Waals surface area (Å²) in [6, 6.07) is -0.548. The molecule has 0 aliphatic rings. The molecular formula is C62H121NO5. The SMILES string of the molecule is CCCCCCCCCCCCCCCCCCC(=O)OCCCCCCCCCC/C=C\CCCCCCCCCC(=O)NC(CO)C(O)CCCCCCCCCCCCCCCCCC. The monoisotopic (exact) mass is 960 g/mol. The van der Waals surface area contributed by atoms with Crippen molar-refractivity contribution in [3.63, 3.8) is 0 Å². The smallest absolute Gasteiger partial charge is 0.305 e. The largest absolute Gasteiger partial charge is 0.466 e. The maximum atomic E-state index is 12.5. The lowest BCUT2D eigenvalue weighted by Crippen LogP contribution is -2.45. The van der Waals surface area contributed by atoms with Crippen molar-refractivity contribution in [3.05, 3.63) is 12.2 Å². The number of esters is 1. The average Bonchev–Trinajstić information content (AvgIpc) is 3.34. The van der Waals surface area contributed by atoms with Crippen molar-refractivity contribution < 1.29 is 24.5 Å². The van der Waals surface area contributed by atoms with Gasteiger partial charge in [0.1, 0.15) is 0 Å². The van der Waals surface area contributed by atoms with Gasteiger partial charge in [-0.2, -0.15) is 0 Å². The number of rotatable bonds is 58. The number of hydrogen-bond donors (Lipinski definition) is 3. The Morgan fingerprint density at radius 3 is 1.04 bits per heavy atom. The molecule has 0 radical (unpaired) electrons. The normalized spacial score (nSPS) is 12.6. The highest BCUT2D eigenvalue weighted by Crippen LogP contribution is 2.18. The summed E-state index contributed by atoms with van der Waals surface area (Å²) in [7, 11) is 0. The molecule has 6 heteroatoms. The Hall–Kier alpha value is -1.40. The van der Waals surface area contributed by atoms with Crippen LogP contribution in [-0.2, 0) is 14.3 Å². The fraction of sp³-hybridized carbons (Fsp3) is 0.935. The van der Waals surface area contributed by atoms with E-state index in [1.54, 1.807) is 0 Å². The van der Waals surface area contributed by atoms with E-state index in [2.05, 4.69) is 31.3 Å². The van der Waals surface area contributed by atoms with Crippen molar-refractivity contribution in [2.75, 3.05) is 13.2 Å². The second-order valence-corrected chi connectivity index (χ2v) is 21.4. The van der Waals surface area contributed by atoms with Gasteiger partial charge in [0.05, 0.1) is 25.4 Å². The van der Waals surface area contributed by atoms with Gasteiger partial charge >= 0.3 is 5.97 Å². The molecule has 0 spiro atoms. The number of ether oxygens (including phenoxy) is 1. The number of hydrogen-bond acceptors (Lipinski definition) is 5. The molecule has 0 aliphatic heterocycles. The number of allylic oxidation sites excluding steroid dienone is 2. The molecule has 0 heterocycles. The Bertz CT molecular complexity index is 1020. The van der Waals surface area contributed by atoms with Gasteiger partial charge in [0.15, 0.2) is 0 Å². The van der Waals surface area contributed by atoms with Crippen LogP contribution in [0.15, 0.2) is 12.2 Å². The molecule has 6 nitrogen and oxygen atoms in total. The average molecular weight is 961 g/mol. The summed E-state index contributed by atoms with van der Waals surface area (Å²) >= 11 is 0. The molecule has 0 aromatic carbocycles. The van der Waals surface area contributed by atoms with E-state index in [1.165, 1.54) is 276 Å². The first-order valence-electron chi connectivity index (χ1n) is 30.9. The minimum absolute atomic E-state index is 0.00819. The minimum atomic E-state index is -0.670. The Morgan fingerprint density at radius 2 is 0.691 bits per heavy atom. The molecule has 0 saturated heterocycles. The van der Waals surface area contributed by atoms with E-state index in [9.17, 15) is 19.8 Å². The zero-order valence-electron chi connectivity index (χ0n) is 46.1. The summed E-state index contributed by atoms with van der Waals surface area (Å²) in [4.78, 5) is 24.6. The predicted octanol–water partition coefficient (Wildman–Crippen LogP) is 19.2. The zero-order chi connectivity index (χ0) is 49.3. The number of nitrogens with one attached hydrogen (secondary N) is 1. The molecule has 0 aliphatic carbocycles. The minimum Gasteiger partial charge on any atom is -0.466 e. The van der Waals surface area contributed by atoms with Gasteiger partial charge in [0.25, 0.3) is 0 Å². The van der Waals surface area contributed by atoms with Crippen LogP contribution in [0.5, 0.6) is 0 Å². The van der Waals surface area contributed by atoms with Crippen molar-refractivity contribution >= 4 is 11.9 Å². The maximum Gasteiger partial charge on any atom is 0.305 e. The highest BCUT2D eigenvalue weighted by Gasteiger charge is 2.20. The van der Waals surface area contributed by atoms with Crippen molar-refractivity contribution in [2.24, 2.45) is 0 Å². The van der Waals surface area contributed by atoms with Crippen LogP contribution < -0.4 is 5.32 Å². The van der Waals surface area contributed by atoms with Crippen molar-refractivity contribution in [1.82, 2.24) is 5.32 Å². The summed E-state index contributed by atoms with van der Waals surface area (Å²) < 4.78 is 5.49. The molecular weight excluding hydrogens is 839 g/mol. The fourth-order valence-electron chi connectivity index (χ4n) is 9.81. The van der Waals surface area contributed by atoms with Gasteiger partial charge in [-0.05, 0) is 51.4 Å². The third-order valence-corrected chi connectivity index (χ3v) is 14.6. The summed E-state index contributed by atoms with van der Waals surface area (Å²) in [6.07, 6.45) is 69.3. The predicted molar refractivity (Wildman–Crippen MR) is 297 cm³/mol. The lowest BCUT2D eigenvalue weighted by molar-refractivity contribution is -0.143. The number of carbonyl (C=O) groups is 2. The van der Waals surface area contributed by atoms with E-state index in [-0.39, 0.29) is 18.5 Å².